The molecule has 0 aromatic carbocycles. The first-order chi connectivity index (χ1) is 11.7. The van der Waals surface area contributed by atoms with Gasteiger partial charge in [-0.2, -0.15) is 0 Å². The van der Waals surface area contributed by atoms with Gasteiger partial charge in [0.2, 0.25) is 5.95 Å². The molecule has 2 aromatic rings. The summed E-state index contributed by atoms with van der Waals surface area (Å²) in [5.74, 6) is 0.161. The van der Waals surface area contributed by atoms with Crippen molar-refractivity contribution in [3.8, 4) is 0 Å². The van der Waals surface area contributed by atoms with Crippen LogP contribution in [0.1, 0.15) is 29.8 Å². The van der Waals surface area contributed by atoms with E-state index in [1.54, 1.807) is 10.9 Å². The summed E-state index contributed by atoms with van der Waals surface area (Å²) >= 11 is 1.44. The molecule has 2 fully saturated rings. The Bertz CT molecular complexity index is 723. The van der Waals surface area contributed by atoms with Crippen LogP contribution in [0.5, 0.6) is 0 Å². The summed E-state index contributed by atoms with van der Waals surface area (Å²) < 4.78 is 13.0. The number of halogens is 1. The van der Waals surface area contributed by atoms with Crippen LogP contribution in [0.15, 0.2) is 23.3 Å². The average molecular weight is 347 g/mol. The highest BCUT2D eigenvalue weighted by Gasteiger charge is 2.43. The number of thiazole rings is 1. The van der Waals surface area contributed by atoms with Crippen LogP contribution >= 0.6 is 11.3 Å². The van der Waals surface area contributed by atoms with E-state index in [0.29, 0.717) is 11.6 Å². The largest absolute Gasteiger partial charge is 0.340 e. The van der Waals surface area contributed by atoms with Gasteiger partial charge in [-0.15, -0.1) is 11.3 Å². The molecule has 2 aromatic heterocycles. The van der Waals surface area contributed by atoms with Crippen molar-refractivity contribution >= 4 is 23.2 Å². The van der Waals surface area contributed by atoms with Gasteiger partial charge in [0.25, 0.3) is 5.91 Å². The van der Waals surface area contributed by atoms with E-state index < -0.39 is 5.82 Å². The lowest BCUT2D eigenvalue weighted by Gasteiger charge is -2.40. The van der Waals surface area contributed by atoms with Gasteiger partial charge >= 0.3 is 0 Å². The minimum Gasteiger partial charge on any atom is -0.340 e. The van der Waals surface area contributed by atoms with Gasteiger partial charge in [-0.05, 0) is 19.3 Å². The van der Waals surface area contributed by atoms with Crippen molar-refractivity contribution in [2.75, 3.05) is 31.1 Å². The summed E-state index contributed by atoms with van der Waals surface area (Å²) in [4.78, 5) is 28.9. The second-order valence-corrected chi connectivity index (χ2v) is 7.30. The Morgan fingerprint density at radius 1 is 1.17 bits per heavy atom. The first-order valence-corrected chi connectivity index (χ1v) is 9.00. The van der Waals surface area contributed by atoms with Crippen molar-refractivity contribution in [3.63, 3.8) is 0 Å². The standard InChI is InChI=1S/C16H18FN5OS/c17-12-6-18-15(19-7-12)22-4-1-2-16(10-22)3-5-21(9-16)14(23)13-8-24-11-20-13/h6-8,11H,1-5,9-10H2. The zero-order valence-electron chi connectivity index (χ0n) is 13.2. The molecular formula is C16H18FN5OS. The Morgan fingerprint density at radius 3 is 2.75 bits per heavy atom. The van der Waals surface area contributed by atoms with Gasteiger partial charge < -0.3 is 9.80 Å². The maximum Gasteiger partial charge on any atom is 0.273 e. The van der Waals surface area contributed by atoms with Crippen LogP contribution in [0.4, 0.5) is 10.3 Å². The van der Waals surface area contributed by atoms with Crippen molar-refractivity contribution in [2.45, 2.75) is 19.3 Å². The molecule has 0 bridgehead atoms. The predicted molar refractivity (Wildman–Crippen MR) is 88.5 cm³/mol. The Kier molecular flexibility index (Phi) is 3.91. The molecule has 2 aliphatic rings. The molecule has 1 atom stereocenters. The zero-order chi connectivity index (χ0) is 16.6. The van der Waals surface area contributed by atoms with E-state index in [1.165, 1.54) is 23.7 Å². The predicted octanol–water partition coefficient (Wildman–Crippen LogP) is 2.20. The van der Waals surface area contributed by atoms with Crippen LogP contribution in [0.2, 0.25) is 0 Å². The number of likely N-dealkylation sites (tertiary alicyclic amines) is 1. The molecule has 1 spiro atoms. The van der Waals surface area contributed by atoms with Crippen LogP contribution in [-0.4, -0.2) is 51.9 Å². The maximum absolute atomic E-state index is 13.0. The molecule has 4 heterocycles. The molecular weight excluding hydrogens is 329 g/mol. The lowest BCUT2D eigenvalue weighted by atomic mass is 9.79. The first-order valence-electron chi connectivity index (χ1n) is 8.05. The fourth-order valence-corrected chi connectivity index (χ4v) is 4.29. The number of piperidine rings is 1. The van der Waals surface area contributed by atoms with Gasteiger partial charge in [0.1, 0.15) is 5.69 Å². The average Bonchev–Trinajstić information content (AvgIpc) is 3.26. The summed E-state index contributed by atoms with van der Waals surface area (Å²) in [6, 6.07) is 0. The first kappa shape index (κ1) is 15.4. The monoisotopic (exact) mass is 347 g/mol. The van der Waals surface area contributed by atoms with Gasteiger partial charge in [-0.1, -0.05) is 0 Å². The van der Waals surface area contributed by atoms with Gasteiger partial charge in [-0.3, -0.25) is 4.79 Å². The van der Waals surface area contributed by atoms with Crippen LogP contribution < -0.4 is 4.90 Å². The van der Waals surface area contributed by atoms with Crippen LogP contribution in [0, 0.1) is 11.2 Å². The Labute approximate surface area is 143 Å². The van der Waals surface area contributed by atoms with Crippen molar-refractivity contribution < 1.29 is 9.18 Å². The molecule has 8 heteroatoms. The van der Waals surface area contributed by atoms with E-state index in [-0.39, 0.29) is 11.3 Å². The fraction of sp³-hybridized carbons (Fsp3) is 0.500. The summed E-state index contributed by atoms with van der Waals surface area (Å²) in [6.45, 7) is 3.17. The molecule has 2 saturated heterocycles. The highest BCUT2D eigenvalue weighted by atomic mass is 32.1. The van der Waals surface area contributed by atoms with Gasteiger partial charge in [0.05, 0.1) is 17.9 Å². The van der Waals surface area contributed by atoms with Crippen LogP contribution in [0.25, 0.3) is 0 Å². The summed E-state index contributed by atoms with van der Waals surface area (Å²) in [6.07, 6.45) is 5.50. The molecule has 0 aliphatic carbocycles. The van der Waals surface area contributed by atoms with Crippen molar-refractivity contribution in [2.24, 2.45) is 5.41 Å². The lowest BCUT2D eigenvalue weighted by Crippen LogP contribution is -2.46. The molecule has 126 valence electrons. The van der Waals surface area contributed by atoms with E-state index >= 15 is 0 Å². The van der Waals surface area contributed by atoms with Crippen molar-refractivity contribution in [1.82, 2.24) is 19.9 Å². The molecule has 6 nitrogen and oxygen atoms in total. The molecule has 4 rings (SSSR count). The summed E-state index contributed by atoms with van der Waals surface area (Å²) in [5, 5.41) is 1.80. The third-order valence-corrected chi connectivity index (χ3v) is 5.51. The van der Waals surface area contributed by atoms with E-state index in [9.17, 15) is 9.18 Å². The highest BCUT2D eigenvalue weighted by molar-refractivity contribution is 7.07. The number of hydrogen-bond acceptors (Lipinski definition) is 6. The molecule has 24 heavy (non-hydrogen) atoms. The fourth-order valence-electron chi connectivity index (χ4n) is 3.77. The van der Waals surface area contributed by atoms with Gasteiger partial charge in [-0.25, -0.2) is 19.3 Å². The number of aromatic nitrogens is 3. The summed E-state index contributed by atoms with van der Waals surface area (Å²) in [5.41, 5.74) is 2.29. The second-order valence-electron chi connectivity index (χ2n) is 6.58. The van der Waals surface area contributed by atoms with Gasteiger partial charge in [0.15, 0.2) is 5.82 Å². The smallest absolute Gasteiger partial charge is 0.273 e. The molecule has 0 saturated carbocycles. The Hall–Kier alpha value is -2.09. The van der Waals surface area contributed by atoms with E-state index in [0.717, 1.165) is 45.4 Å². The lowest BCUT2D eigenvalue weighted by molar-refractivity contribution is 0.0762. The van der Waals surface area contributed by atoms with Crippen molar-refractivity contribution in [1.29, 1.82) is 0 Å². The molecule has 1 unspecified atom stereocenters. The van der Waals surface area contributed by atoms with Crippen LogP contribution in [0.3, 0.4) is 0 Å². The Balaban J connectivity index is 1.47. The summed E-state index contributed by atoms with van der Waals surface area (Å²) in [7, 11) is 0. The van der Waals surface area contributed by atoms with E-state index in [1.807, 2.05) is 4.90 Å². The number of carbonyl (C=O) groups excluding carboxylic acids is 1. The topological polar surface area (TPSA) is 62.2 Å². The zero-order valence-corrected chi connectivity index (χ0v) is 14.0. The van der Waals surface area contributed by atoms with E-state index in [2.05, 4.69) is 19.9 Å². The molecule has 0 radical (unpaired) electrons. The minimum atomic E-state index is -0.425. The number of nitrogens with zero attached hydrogens (tertiary/aromatic N) is 5. The number of anilines is 1. The molecule has 0 N–H and O–H groups in total. The number of carbonyl (C=O) groups is 1. The number of rotatable bonds is 2. The third kappa shape index (κ3) is 2.86. The second kappa shape index (κ2) is 6.08. The minimum absolute atomic E-state index is 0.0169. The maximum atomic E-state index is 13.0. The number of amides is 1. The van der Waals surface area contributed by atoms with E-state index in [4.69, 9.17) is 0 Å². The third-order valence-electron chi connectivity index (χ3n) is 4.93. The highest BCUT2D eigenvalue weighted by Crippen LogP contribution is 2.40. The molecule has 1 amide bonds. The normalized spacial score (nSPS) is 23.9. The SMILES string of the molecule is O=C(c1cscn1)N1CCC2(CCCN(c3ncc(F)cn3)C2)C1. The number of hydrogen-bond donors (Lipinski definition) is 0. The quantitative estimate of drug-likeness (QED) is 0.833. The van der Waals surface area contributed by atoms with Crippen LogP contribution in [-0.2, 0) is 0 Å². The Morgan fingerprint density at radius 2 is 2.00 bits per heavy atom. The van der Waals surface area contributed by atoms with Gasteiger partial charge in [0, 0.05) is 37.0 Å². The molecule has 2 aliphatic heterocycles. The van der Waals surface area contributed by atoms with Crippen molar-refractivity contribution in [3.05, 3.63) is 34.8 Å².